The van der Waals surface area contributed by atoms with Gasteiger partial charge < -0.3 is 14.5 Å². The third kappa shape index (κ3) is 5.65. The number of carbonyl (C=O) groups excluding carboxylic acids is 1. The number of anilines is 1. The van der Waals surface area contributed by atoms with Gasteiger partial charge in [0.05, 0.1) is 35.1 Å². The molecule has 3 heterocycles. The highest BCUT2D eigenvalue weighted by Crippen LogP contribution is 2.29. The minimum absolute atomic E-state index is 0.0243. The molecule has 14 heteroatoms. The van der Waals surface area contributed by atoms with Gasteiger partial charge in [-0.25, -0.2) is 19.2 Å². The monoisotopic (exact) mass is 579 g/mol. The van der Waals surface area contributed by atoms with E-state index >= 15 is 0 Å². The molecule has 1 saturated heterocycles. The van der Waals surface area contributed by atoms with Gasteiger partial charge in [0.15, 0.2) is 11.0 Å². The molecule has 0 saturated carbocycles. The molecule has 0 spiro atoms. The fourth-order valence-electron chi connectivity index (χ4n) is 4.08. The van der Waals surface area contributed by atoms with E-state index in [4.69, 9.17) is 27.9 Å². The standard InChI is InChI=1S/C24H24Cl2FN7O3S/c1-24(2,3)37-23(36)33-8-7-32(12-14(33)5-6-28)20-15-11-29-34(17-10-13(25)9-16(26)18(17)27)21(35)19(15)30-22(31-20)38-4/h9-11,14H,5,7-8,12H2,1-4H3. The molecule has 1 aromatic carbocycles. The third-order valence-electron chi connectivity index (χ3n) is 5.72. The molecule has 200 valence electrons. The molecule has 38 heavy (non-hydrogen) atoms. The van der Waals surface area contributed by atoms with E-state index in [9.17, 15) is 19.2 Å². The number of fused-ring (bicyclic) bond motifs is 1. The number of rotatable bonds is 4. The molecule has 10 nitrogen and oxygen atoms in total. The van der Waals surface area contributed by atoms with E-state index in [0.717, 1.165) is 4.68 Å². The van der Waals surface area contributed by atoms with Crippen molar-refractivity contribution < 1.29 is 13.9 Å². The van der Waals surface area contributed by atoms with Crippen LogP contribution in [0.4, 0.5) is 15.0 Å². The smallest absolute Gasteiger partial charge is 0.410 e. The predicted molar refractivity (Wildman–Crippen MR) is 144 cm³/mol. The maximum Gasteiger partial charge on any atom is 0.410 e. The summed E-state index contributed by atoms with van der Waals surface area (Å²) in [7, 11) is 0. The Morgan fingerprint density at radius 2 is 2.03 bits per heavy atom. The Labute approximate surface area is 232 Å². The van der Waals surface area contributed by atoms with E-state index < -0.39 is 29.1 Å². The fraction of sp³-hybridized carbons (Fsp3) is 0.417. The Hall–Kier alpha value is -3.14. The number of nitrogens with zero attached hydrogens (tertiary/aromatic N) is 7. The van der Waals surface area contributed by atoms with Crippen LogP contribution < -0.4 is 10.5 Å². The second-order valence-electron chi connectivity index (χ2n) is 9.51. The van der Waals surface area contributed by atoms with Gasteiger partial charge in [-0.2, -0.15) is 15.0 Å². The van der Waals surface area contributed by atoms with Crippen LogP contribution in [0.15, 0.2) is 28.3 Å². The zero-order valence-corrected chi connectivity index (χ0v) is 23.4. The number of halogens is 3. The van der Waals surface area contributed by atoms with Crippen molar-refractivity contribution in [3.05, 3.63) is 44.5 Å². The highest BCUT2D eigenvalue weighted by Gasteiger charge is 2.34. The van der Waals surface area contributed by atoms with Crippen molar-refractivity contribution in [1.29, 1.82) is 5.26 Å². The average Bonchev–Trinajstić information content (AvgIpc) is 2.85. The quantitative estimate of drug-likeness (QED) is 0.246. The summed E-state index contributed by atoms with van der Waals surface area (Å²) in [6, 6.07) is 4.14. The third-order valence-corrected chi connectivity index (χ3v) is 6.76. The zero-order valence-electron chi connectivity index (χ0n) is 21.0. The number of benzene rings is 1. The highest BCUT2D eigenvalue weighted by atomic mass is 35.5. The molecule has 1 aliphatic heterocycles. The van der Waals surface area contributed by atoms with Crippen LogP contribution in [-0.4, -0.2) is 68.3 Å². The molecular weight excluding hydrogens is 556 g/mol. The number of ether oxygens (including phenoxy) is 1. The average molecular weight is 580 g/mol. The summed E-state index contributed by atoms with van der Waals surface area (Å²) < 4.78 is 21.2. The Bertz CT molecular complexity index is 1510. The second kappa shape index (κ2) is 10.9. The largest absolute Gasteiger partial charge is 0.444 e. The number of hydrogen-bond acceptors (Lipinski definition) is 9. The molecule has 1 amide bonds. The molecule has 0 radical (unpaired) electrons. The minimum Gasteiger partial charge on any atom is -0.444 e. The summed E-state index contributed by atoms with van der Waals surface area (Å²) in [5.41, 5.74) is -1.55. The number of aromatic nitrogens is 4. The Kier molecular flexibility index (Phi) is 8.01. The molecule has 3 aromatic rings. The molecular formula is C24H24Cl2FN7O3S. The van der Waals surface area contributed by atoms with Gasteiger partial charge in [-0.15, -0.1) is 0 Å². The van der Waals surface area contributed by atoms with E-state index in [2.05, 4.69) is 21.1 Å². The highest BCUT2D eigenvalue weighted by molar-refractivity contribution is 7.98. The maximum atomic E-state index is 14.8. The van der Waals surface area contributed by atoms with Crippen molar-refractivity contribution in [1.82, 2.24) is 24.6 Å². The number of amides is 1. The van der Waals surface area contributed by atoms with Gasteiger partial charge in [-0.3, -0.25) is 4.79 Å². The number of piperazine rings is 1. The van der Waals surface area contributed by atoms with E-state index in [0.29, 0.717) is 22.9 Å². The number of thioether (sulfide) groups is 1. The zero-order chi connectivity index (χ0) is 27.8. The Morgan fingerprint density at radius 3 is 2.68 bits per heavy atom. The molecule has 0 bridgehead atoms. The summed E-state index contributed by atoms with van der Waals surface area (Å²) in [4.78, 5) is 38.7. The molecule has 1 aliphatic rings. The van der Waals surface area contributed by atoms with Crippen molar-refractivity contribution in [2.24, 2.45) is 0 Å². The molecule has 2 aromatic heterocycles. The molecule has 1 atom stereocenters. The summed E-state index contributed by atoms with van der Waals surface area (Å²) in [5.74, 6) is -0.422. The number of hydrogen-bond donors (Lipinski definition) is 0. The van der Waals surface area contributed by atoms with Crippen molar-refractivity contribution >= 4 is 57.8 Å². The van der Waals surface area contributed by atoms with Gasteiger partial charge in [-0.05, 0) is 39.2 Å². The van der Waals surface area contributed by atoms with Crippen molar-refractivity contribution in [3.8, 4) is 11.8 Å². The lowest BCUT2D eigenvalue weighted by Crippen LogP contribution is -2.56. The first kappa shape index (κ1) is 27.9. The normalized spacial score (nSPS) is 16.0. The summed E-state index contributed by atoms with van der Waals surface area (Å²) in [6.45, 7) is 6.25. The lowest BCUT2D eigenvalue weighted by Gasteiger charge is -2.41. The topological polar surface area (TPSA) is 117 Å². The van der Waals surface area contributed by atoms with Gasteiger partial charge in [0.2, 0.25) is 0 Å². The van der Waals surface area contributed by atoms with Gasteiger partial charge in [0.1, 0.15) is 22.6 Å². The molecule has 4 rings (SSSR count). The van der Waals surface area contributed by atoms with E-state index in [1.54, 1.807) is 31.9 Å². The Morgan fingerprint density at radius 1 is 1.29 bits per heavy atom. The summed E-state index contributed by atoms with van der Waals surface area (Å²) >= 11 is 13.2. The number of nitriles is 1. The molecule has 1 fully saturated rings. The van der Waals surface area contributed by atoms with Gasteiger partial charge in [0.25, 0.3) is 5.56 Å². The van der Waals surface area contributed by atoms with Crippen molar-refractivity contribution in [2.75, 3.05) is 30.8 Å². The minimum atomic E-state index is -0.845. The molecule has 1 unspecified atom stereocenters. The first-order chi connectivity index (χ1) is 17.9. The van der Waals surface area contributed by atoms with Crippen LogP contribution in [0, 0.1) is 17.1 Å². The lowest BCUT2D eigenvalue weighted by atomic mass is 10.1. The second-order valence-corrected chi connectivity index (χ2v) is 11.1. The van der Waals surface area contributed by atoms with Crippen LogP contribution in [-0.2, 0) is 4.74 Å². The lowest BCUT2D eigenvalue weighted by molar-refractivity contribution is 0.0145. The van der Waals surface area contributed by atoms with Crippen LogP contribution in [0.2, 0.25) is 10.0 Å². The van der Waals surface area contributed by atoms with E-state index in [1.165, 1.54) is 30.1 Å². The van der Waals surface area contributed by atoms with Crippen LogP contribution in [0.25, 0.3) is 16.6 Å². The Balaban J connectivity index is 1.77. The van der Waals surface area contributed by atoms with E-state index in [-0.39, 0.29) is 40.8 Å². The first-order valence-electron chi connectivity index (χ1n) is 11.5. The van der Waals surface area contributed by atoms with Gasteiger partial charge in [-0.1, -0.05) is 35.0 Å². The summed E-state index contributed by atoms with van der Waals surface area (Å²) in [5, 5.41) is 14.1. The van der Waals surface area contributed by atoms with Crippen molar-refractivity contribution in [3.63, 3.8) is 0 Å². The fourth-order valence-corrected chi connectivity index (χ4v) is 4.92. The SMILES string of the molecule is CSc1nc(N2CCN(C(=O)OC(C)(C)C)C(CC#N)C2)c2cnn(-c3cc(Cl)cc(Cl)c3F)c(=O)c2n1. The predicted octanol–water partition coefficient (Wildman–Crippen LogP) is 4.68. The van der Waals surface area contributed by atoms with Gasteiger partial charge >= 0.3 is 6.09 Å². The maximum absolute atomic E-state index is 14.8. The summed E-state index contributed by atoms with van der Waals surface area (Å²) in [6.07, 6.45) is 2.72. The van der Waals surface area contributed by atoms with Crippen LogP contribution in [0.5, 0.6) is 0 Å². The van der Waals surface area contributed by atoms with Crippen LogP contribution in [0.3, 0.4) is 0 Å². The van der Waals surface area contributed by atoms with E-state index in [1.807, 2.05) is 4.90 Å². The van der Waals surface area contributed by atoms with Crippen LogP contribution in [0.1, 0.15) is 27.2 Å². The molecule has 0 N–H and O–H groups in total. The van der Waals surface area contributed by atoms with Crippen molar-refractivity contribution in [2.45, 2.75) is 44.0 Å². The molecule has 0 aliphatic carbocycles. The van der Waals surface area contributed by atoms with Crippen LogP contribution >= 0.6 is 35.0 Å². The van der Waals surface area contributed by atoms with Gasteiger partial charge in [0, 0.05) is 24.7 Å². The number of carbonyl (C=O) groups is 1. The first-order valence-corrected chi connectivity index (χ1v) is 13.5.